The molecular formula is C22H22BrNO3. The number of hydrogen-bond donors (Lipinski definition) is 0. The van der Waals surface area contributed by atoms with Gasteiger partial charge in [-0.1, -0.05) is 52.3 Å². The lowest BCUT2D eigenvalue weighted by atomic mass is 9.89. The zero-order chi connectivity index (χ0) is 18.6. The maximum Gasteiger partial charge on any atom is 0.162 e. The predicted molar refractivity (Wildman–Crippen MR) is 106 cm³/mol. The highest BCUT2D eigenvalue weighted by molar-refractivity contribution is 9.09. The van der Waals surface area contributed by atoms with E-state index in [2.05, 4.69) is 15.9 Å². The van der Waals surface area contributed by atoms with Crippen molar-refractivity contribution in [2.75, 3.05) is 6.61 Å². The van der Waals surface area contributed by atoms with Crippen LogP contribution in [0.15, 0.2) is 60.7 Å². The van der Waals surface area contributed by atoms with Crippen molar-refractivity contribution in [3.63, 3.8) is 0 Å². The van der Waals surface area contributed by atoms with Gasteiger partial charge in [-0.15, -0.1) is 0 Å². The molecule has 2 bridgehead atoms. The second-order valence-corrected chi connectivity index (χ2v) is 8.23. The summed E-state index contributed by atoms with van der Waals surface area (Å²) in [5.41, 5.74) is 0. The molecule has 2 saturated carbocycles. The molecule has 140 valence electrons. The number of alkyl halides is 1. The summed E-state index contributed by atoms with van der Waals surface area (Å²) in [6.45, 7) is 0.151. The fourth-order valence-corrected chi connectivity index (χ4v) is 5.38. The molecule has 1 saturated heterocycles. The fourth-order valence-electron chi connectivity index (χ4n) is 4.43. The van der Waals surface area contributed by atoms with Crippen LogP contribution >= 0.6 is 15.9 Å². The number of nitrogens with zero attached hydrogens (tertiary/aromatic N) is 1. The maximum atomic E-state index is 8.46. The number of ether oxygens (including phenoxy) is 3. The molecule has 2 aromatic carbocycles. The summed E-state index contributed by atoms with van der Waals surface area (Å²) in [5.74, 6) is 3.73. The summed E-state index contributed by atoms with van der Waals surface area (Å²) in [5, 5.41) is 8.46. The Morgan fingerprint density at radius 1 is 0.963 bits per heavy atom. The second-order valence-electron chi connectivity index (χ2n) is 7.17. The Hall–Kier alpha value is -1.87. The minimum absolute atomic E-state index is 0.114. The third-order valence-corrected chi connectivity index (χ3v) is 6.83. The van der Waals surface area contributed by atoms with Crippen LogP contribution in [0.1, 0.15) is 12.8 Å². The van der Waals surface area contributed by atoms with Crippen LogP contribution in [0.2, 0.25) is 0 Å². The van der Waals surface area contributed by atoms with E-state index in [9.17, 15) is 0 Å². The molecule has 0 amide bonds. The number of rotatable bonds is 4. The third kappa shape index (κ3) is 4.03. The molecule has 1 aliphatic heterocycles. The lowest BCUT2D eigenvalue weighted by molar-refractivity contribution is -0.134. The molecule has 6 atom stereocenters. The Balaban J connectivity index is 0.000000134. The number of nitriles is 1. The van der Waals surface area contributed by atoms with E-state index < -0.39 is 0 Å². The molecule has 0 aromatic heterocycles. The van der Waals surface area contributed by atoms with Gasteiger partial charge in [-0.3, -0.25) is 0 Å². The first-order valence-corrected chi connectivity index (χ1v) is 10.2. The summed E-state index contributed by atoms with van der Waals surface area (Å²) in [7, 11) is 0. The zero-order valence-electron chi connectivity index (χ0n) is 14.9. The average Bonchev–Trinajstić information content (AvgIpc) is 3.33. The fraction of sp³-hybridized carbons (Fsp3) is 0.409. The van der Waals surface area contributed by atoms with E-state index in [1.807, 2.05) is 66.7 Å². The Labute approximate surface area is 168 Å². The van der Waals surface area contributed by atoms with Crippen molar-refractivity contribution in [2.45, 2.75) is 30.1 Å². The van der Waals surface area contributed by atoms with Crippen molar-refractivity contribution >= 4 is 15.9 Å². The van der Waals surface area contributed by atoms with Crippen LogP contribution in [-0.2, 0) is 9.47 Å². The van der Waals surface area contributed by atoms with Gasteiger partial charge in [-0.05, 0) is 48.9 Å². The Morgan fingerprint density at radius 3 is 2.07 bits per heavy atom. The molecule has 0 N–H and O–H groups in total. The Bertz CT molecular complexity index is 742. The summed E-state index contributed by atoms with van der Waals surface area (Å²) in [4.78, 5) is 0.513. The normalized spacial score (nSPS) is 32.4. The Kier molecular flexibility index (Phi) is 5.77. The first-order chi connectivity index (χ1) is 13.3. The molecule has 3 fully saturated rings. The van der Waals surface area contributed by atoms with E-state index in [0.29, 0.717) is 22.8 Å². The molecule has 5 heteroatoms. The van der Waals surface area contributed by atoms with Crippen molar-refractivity contribution in [2.24, 2.45) is 17.8 Å². The van der Waals surface area contributed by atoms with Crippen LogP contribution < -0.4 is 4.74 Å². The van der Waals surface area contributed by atoms with Crippen molar-refractivity contribution in [1.82, 2.24) is 0 Å². The minimum Gasteiger partial charge on any atom is -0.457 e. The SMILES string of the molecule is N#CCO[C@H]1O[C@H]2C3CC(CC31)[C@H]2Br.c1ccc(Oc2ccccc2)cc1. The summed E-state index contributed by atoms with van der Waals surface area (Å²) in [6.07, 6.45) is 2.70. The van der Waals surface area contributed by atoms with Crippen molar-refractivity contribution in [3.05, 3.63) is 60.7 Å². The largest absolute Gasteiger partial charge is 0.457 e. The van der Waals surface area contributed by atoms with E-state index in [1.54, 1.807) is 0 Å². The highest BCUT2D eigenvalue weighted by Crippen LogP contribution is 2.58. The third-order valence-electron chi connectivity index (χ3n) is 5.56. The van der Waals surface area contributed by atoms with Gasteiger partial charge in [0.15, 0.2) is 6.29 Å². The first-order valence-electron chi connectivity index (χ1n) is 9.32. The van der Waals surface area contributed by atoms with Crippen LogP contribution in [-0.4, -0.2) is 23.8 Å². The molecule has 3 unspecified atom stereocenters. The number of hydrogen-bond acceptors (Lipinski definition) is 4. The van der Waals surface area contributed by atoms with Crippen LogP contribution in [0.5, 0.6) is 11.5 Å². The van der Waals surface area contributed by atoms with Crippen LogP contribution in [0.3, 0.4) is 0 Å². The molecule has 2 aliphatic carbocycles. The summed E-state index contributed by atoms with van der Waals surface area (Å²) >= 11 is 3.70. The smallest absolute Gasteiger partial charge is 0.162 e. The number of halogens is 1. The maximum absolute atomic E-state index is 8.46. The number of fused-ring (bicyclic) bond motifs is 1. The van der Waals surface area contributed by atoms with Crippen LogP contribution in [0, 0.1) is 29.1 Å². The van der Waals surface area contributed by atoms with Gasteiger partial charge < -0.3 is 14.2 Å². The highest BCUT2D eigenvalue weighted by atomic mass is 79.9. The van der Waals surface area contributed by atoms with E-state index in [-0.39, 0.29) is 12.9 Å². The monoisotopic (exact) mass is 427 g/mol. The van der Waals surface area contributed by atoms with Gasteiger partial charge in [0.25, 0.3) is 0 Å². The zero-order valence-corrected chi connectivity index (χ0v) is 16.5. The van der Waals surface area contributed by atoms with Gasteiger partial charge in [0, 0.05) is 10.7 Å². The molecule has 4 nitrogen and oxygen atoms in total. The summed E-state index contributed by atoms with van der Waals surface area (Å²) in [6, 6.07) is 21.5. The molecule has 0 radical (unpaired) electrons. The molecule has 3 aliphatic rings. The molecular weight excluding hydrogens is 406 g/mol. The molecule has 1 heterocycles. The van der Waals surface area contributed by atoms with Gasteiger partial charge in [0.2, 0.25) is 0 Å². The van der Waals surface area contributed by atoms with E-state index in [0.717, 1.165) is 17.4 Å². The van der Waals surface area contributed by atoms with E-state index >= 15 is 0 Å². The van der Waals surface area contributed by atoms with Gasteiger partial charge in [-0.25, -0.2) is 0 Å². The van der Waals surface area contributed by atoms with Crippen molar-refractivity contribution < 1.29 is 14.2 Å². The molecule has 5 rings (SSSR count). The van der Waals surface area contributed by atoms with Crippen LogP contribution in [0.25, 0.3) is 0 Å². The lowest BCUT2D eigenvalue weighted by Gasteiger charge is -2.20. The first kappa shape index (κ1) is 18.5. The Morgan fingerprint density at radius 2 is 1.56 bits per heavy atom. The second kappa shape index (κ2) is 8.43. The van der Waals surface area contributed by atoms with Crippen LogP contribution in [0.4, 0.5) is 0 Å². The summed E-state index contributed by atoms with van der Waals surface area (Å²) < 4.78 is 16.8. The van der Waals surface area contributed by atoms with Gasteiger partial charge in [0.05, 0.1) is 12.2 Å². The predicted octanol–water partition coefficient (Wildman–Crippen LogP) is 5.15. The molecule has 2 aromatic rings. The van der Waals surface area contributed by atoms with Crippen molar-refractivity contribution in [3.8, 4) is 17.6 Å². The van der Waals surface area contributed by atoms with E-state index in [4.69, 9.17) is 19.5 Å². The van der Waals surface area contributed by atoms with E-state index in [1.165, 1.54) is 12.8 Å². The standard InChI is InChI=1S/C12H10O.C10H12BrNO2/c1-3-7-11(8-4-1)13-12-9-5-2-6-10-12;11-8-5-3-6-7(4-5)10(13-2-1-12)14-9(6)8/h1-10H;5-10H,2-4H2/t;5?,6?,7?,8-,9+,10+/m.1/s1. The topological polar surface area (TPSA) is 51.5 Å². The number of para-hydroxylation sites is 2. The number of benzene rings is 2. The molecule has 0 spiro atoms. The highest BCUT2D eigenvalue weighted by Gasteiger charge is 2.60. The van der Waals surface area contributed by atoms with Gasteiger partial charge in [-0.2, -0.15) is 5.26 Å². The quantitative estimate of drug-likeness (QED) is 0.632. The van der Waals surface area contributed by atoms with Gasteiger partial charge >= 0.3 is 0 Å². The minimum atomic E-state index is -0.114. The van der Waals surface area contributed by atoms with Gasteiger partial charge in [0.1, 0.15) is 18.1 Å². The average molecular weight is 428 g/mol. The lowest BCUT2D eigenvalue weighted by Crippen LogP contribution is -2.26. The molecule has 27 heavy (non-hydrogen) atoms. The van der Waals surface area contributed by atoms with Crippen molar-refractivity contribution in [1.29, 1.82) is 5.26 Å².